The first-order chi connectivity index (χ1) is 8.62. The number of carbonyl (C=O) groups is 2. The van der Waals surface area contributed by atoms with Crippen LogP contribution >= 0.6 is 15.9 Å². The van der Waals surface area contributed by atoms with E-state index in [0.717, 1.165) is 6.07 Å². The fourth-order valence-electron chi connectivity index (χ4n) is 1.53. The molecule has 0 unspecified atom stereocenters. The lowest BCUT2D eigenvalue weighted by atomic mass is 10.0. The summed E-state index contributed by atoms with van der Waals surface area (Å²) in [7, 11) is 0. The number of benzene rings is 1. The molecule has 6 heteroatoms. The maximum atomic E-state index is 13.4. The van der Waals surface area contributed by atoms with Gasteiger partial charge in [0.05, 0.1) is 4.47 Å². The number of carbonyl (C=O) groups excluding carboxylic acids is 1. The van der Waals surface area contributed by atoms with Crippen LogP contribution in [-0.4, -0.2) is 34.0 Å². The smallest absolute Gasteiger partial charge is 0.323 e. The highest BCUT2D eigenvalue weighted by molar-refractivity contribution is 9.10. The Kier molecular flexibility index (Phi) is 4.68. The van der Waals surface area contributed by atoms with Crippen molar-refractivity contribution in [2.75, 3.05) is 6.54 Å². The molecule has 1 aromatic carbocycles. The van der Waals surface area contributed by atoms with Crippen molar-refractivity contribution in [2.24, 2.45) is 0 Å². The van der Waals surface area contributed by atoms with Crippen molar-refractivity contribution in [3.63, 3.8) is 0 Å². The minimum atomic E-state index is -1.11. The van der Waals surface area contributed by atoms with Gasteiger partial charge in [0.25, 0.3) is 5.91 Å². The van der Waals surface area contributed by atoms with Gasteiger partial charge < -0.3 is 10.0 Å². The van der Waals surface area contributed by atoms with Gasteiger partial charge in [-0.15, -0.1) is 0 Å². The van der Waals surface area contributed by atoms with Crippen LogP contribution in [0.25, 0.3) is 0 Å². The summed E-state index contributed by atoms with van der Waals surface area (Å²) in [6, 6.07) is 3.97. The summed E-state index contributed by atoms with van der Waals surface area (Å²) in [4.78, 5) is 24.3. The van der Waals surface area contributed by atoms with Crippen LogP contribution in [0.1, 0.15) is 31.1 Å². The Labute approximate surface area is 119 Å². The van der Waals surface area contributed by atoms with Crippen LogP contribution in [-0.2, 0) is 4.79 Å². The SMILES string of the molecule is CC(C)(C)N(CC(=O)O)C(=O)c1ccc(Br)c(F)c1. The van der Waals surface area contributed by atoms with Crippen LogP contribution in [0.5, 0.6) is 0 Å². The lowest BCUT2D eigenvalue weighted by Gasteiger charge is -2.34. The van der Waals surface area contributed by atoms with Gasteiger partial charge >= 0.3 is 5.97 Å². The van der Waals surface area contributed by atoms with E-state index in [1.54, 1.807) is 20.8 Å². The second-order valence-corrected chi connectivity index (χ2v) is 5.94. The van der Waals surface area contributed by atoms with Gasteiger partial charge in [-0.25, -0.2) is 4.39 Å². The van der Waals surface area contributed by atoms with Crippen LogP contribution in [0.4, 0.5) is 4.39 Å². The number of hydrogen-bond donors (Lipinski definition) is 1. The van der Waals surface area contributed by atoms with Gasteiger partial charge in [0.1, 0.15) is 12.4 Å². The molecule has 1 amide bonds. The van der Waals surface area contributed by atoms with Gasteiger partial charge in [-0.1, -0.05) is 0 Å². The molecular formula is C13H15BrFNO3. The summed E-state index contributed by atoms with van der Waals surface area (Å²) in [6.07, 6.45) is 0. The van der Waals surface area contributed by atoms with Crippen LogP contribution in [0, 0.1) is 5.82 Å². The molecule has 0 fully saturated rings. The second kappa shape index (κ2) is 5.69. The number of amides is 1. The molecule has 104 valence electrons. The van der Waals surface area contributed by atoms with Gasteiger partial charge in [0.15, 0.2) is 0 Å². The Bertz CT molecular complexity index is 511. The number of carboxylic acid groups (broad SMARTS) is 1. The highest BCUT2D eigenvalue weighted by atomic mass is 79.9. The van der Waals surface area contributed by atoms with E-state index < -0.39 is 29.8 Å². The maximum Gasteiger partial charge on any atom is 0.323 e. The zero-order valence-corrected chi connectivity index (χ0v) is 12.5. The highest BCUT2D eigenvalue weighted by Crippen LogP contribution is 2.21. The molecule has 19 heavy (non-hydrogen) atoms. The van der Waals surface area contributed by atoms with Crippen LogP contribution in [0.15, 0.2) is 22.7 Å². The zero-order chi connectivity index (χ0) is 14.8. The van der Waals surface area contributed by atoms with Crippen LogP contribution in [0.2, 0.25) is 0 Å². The van der Waals surface area contributed by atoms with Gasteiger partial charge in [0, 0.05) is 11.1 Å². The van der Waals surface area contributed by atoms with Crippen LogP contribution < -0.4 is 0 Å². The number of rotatable bonds is 3. The topological polar surface area (TPSA) is 57.6 Å². The summed E-state index contributed by atoms with van der Waals surface area (Å²) in [6.45, 7) is 4.75. The molecule has 1 N–H and O–H groups in total. The first-order valence-electron chi connectivity index (χ1n) is 5.61. The summed E-state index contributed by atoms with van der Waals surface area (Å²) in [5.41, 5.74) is -0.546. The largest absolute Gasteiger partial charge is 0.480 e. The van der Waals surface area contributed by atoms with Crippen LogP contribution in [0.3, 0.4) is 0 Å². The number of nitrogens with zero attached hydrogens (tertiary/aromatic N) is 1. The monoisotopic (exact) mass is 331 g/mol. The van der Waals surface area contributed by atoms with Gasteiger partial charge in [-0.2, -0.15) is 0 Å². The fourth-order valence-corrected chi connectivity index (χ4v) is 1.78. The summed E-state index contributed by atoms with van der Waals surface area (Å²) < 4.78 is 13.7. The summed E-state index contributed by atoms with van der Waals surface area (Å²) in [5.74, 6) is -2.18. The van der Waals surface area contributed by atoms with Crippen molar-refractivity contribution in [2.45, 2.75) is 26.3 Å². The molecule has 0 atom stereocenters. The van der Waals surface area contributed by atoms with Crippen molar-refractivity contribution in [1.82, 2.24) is 4.90 Å². The molecule has 4 nitrogen and oxygen atoms in total. The predicted octanol–water partition coefficient (Wildman–Crippen LogP) is 2.91. The second-order valence-electron chi connectivity index (χ2n) is 5.08. The molecule has 0 saturated heterocycles. The van der Waals surface area contributed by atoms with E-state index >= 15 is 0 Å². The van der Waals surface area contributed by atoms with E-state index in [4.69, 9.17) is 5.11 Å². The molecular weight excluding hydrogens is 317 g/mol. The molecule has 0 aromatic heterocycles. The van der Waals surface area contributed by atoms with Crippen molar-refractivity contribution in [3.05, 3.63) is 34.1 Å². The maximum absolute atomic E-state index is 13.4. The minimum absolute atomic E-state index is 0.122. The van der Waals surface area contributed by atoms with E-state index in [0.29, 0.717) is 0 Å². The van der Waals surface area contributed by atoms with Gasteiger partial charge in [-0.05, 0) is 54.9 Å². The minimum Gasteiger partial charge on any atom is -0.480 e. The van der Waals surface area contributed by atoms with Crippen molar-refractivity contribution in [3.8, 4) is 0 Å². The first-order valence-corrected chi connectivity index (χ1v) is 6.41. The molecule has 0 saturated carbocycles. The predicted molar refractivity (Wildman–Crippen MR) is 72.5 cm³/mol. The van der Waals surface area contributed by atoms with E-state index in [1.165, 1.54) is 17.0 Å². The average Bonchev–Trinajstić information content (AvgIpc) is 2.27. The van der Waals surface area contributed by atoms with E-state index in [9.17, 15) is 14.0 Å². The summed E-state index contributed by atoms with van der Waals surface area (Å²) >= 11 is 3.00. The number of aliphatic carboxylic acids is 1. The highest BCUT2D eigenvalue weighted by Gasteiger charge is 2.29. The number of carboxylic acids is 1. The Morgan fingerprint density at radius 2 is 1.95 bits per heavy atom. The summed E-state index contributed by atoms with van der Waals surface area (Å²) in [5, 5.41) is 8.87. The van der Waals surface area contributed by atoms with Crippen molar-refractivity contribution in [1.29, 1.82) is 0 Å². The fraction of sp³-hybridized carbons (Fsp3) is 0.385. The number of hydrogen-bond acceptors (Lipinski definition) is 2. The van der Waals surface area contributed by atoms with E-state index in [-0.39, 0.29) is 10.0 Å². The number of halogens is 2. The quantitative estimate of drug-likeness (QED) is 0.926. The normalized spacial score (nSPS) is 11.2. The molecule has 0 aliphatic rings. The Morgan fingerprint density at radius 1 is 1.37 bits per heavy atom. The molecule has 0 bridgehead atoms. The Morgan fingerprint density at radius 3 is 2.37 bits per heavy atom. The molecule has 0 aliphatic heterocycles. The lowest BCUT2D eigenvalue weighted by Crippen LogP contribution is -2.48. The molecule has 0 radical (unpaired) electrons. The molecule has 0 aliphatic carbocycles. The first kappa shape index (κ1) is 15.6. The molecule has 0 spiro atoms. The van der Waals surface area contributed by atoms with E-state index in [1.807, 2.05) is 0 Å². The molecule has 1 rings (SSSR count). The third-order valence-corrected chi connectivity index (χ3v) is 3.16. The Hall–Kier alpha value is -1.43. The standard InChI is InChI=1S/C13H15BrFNO3/c1-13(2,3)16(7-11(17)18)12(19)8-4-5-9(14)10(15)6-8/h4-6H,7H2,1-3H3,(H,17,18). The molecule has 0 heterocycles. The third-order valence-electron chi connectivity index (χ3n) is 2.51. The lowest BCUT2D eigenvalue weighted by molar-refractivity contribution is -0.138. The Balaban J connectivity index is 3.12. The van der Waals surface area contributed by atoms with Crippen molar-refractivity contribution >= 4 is 27.8 Å². The third kappa shape index (κ3) is 4.02. The molecule has 1 aromatic rings. The zero-order valence-electron chi connectivity index (χ0n) is 10.9. The van der Waals surface area contributed by atoms with Crippen molar-refractivity contribution < 1.29 is 19.1 Å². The van der Waals surface area contributed by atoms with Gasteiger partial charge in [-0.3, -0.25) is 9.59 Å². The van der Waals surface area contributed by atoms with E-state index in [2.05, 4.69) is 15.9 Å². The average molecular weight is 332 g/mol. The van der Waals surface area contributed by atoms with Gasteiger partial charge in [0.2, 0.25) is 0 Å².